The van der Waals surface area contributed by atoms with Crippen molar-refractivity contribution in [1.29, 1.82) is 0 Å². The zero-order valence-corrected chi connectivity index (χ0v) is 6.04. The van der Waals surface area contributed by atoms with Crippen molar-refractivity contribution < 1.29 is 9.78 Å². The summed E-state index contributed by atoms with van der Waals surface area (Å²) in [5.41, 5.74) is 7.48. The van der Waals surface area contributed by atoms with Gasteiger partial charge in [0.25, 0.3) is 0 Å². The van der Waals surface area contributed by atoms with Gasteiger partial charge in [-0.25, -0.2) is 0 Å². The molecule has 0 fully saturated rings. The van der Waals surface area contributed by atoms with Crippen molar-refractivity contribution >= 4 is 5.69 Å². The second-order valence-electron chi connectivity index (χ2n) is 2.52. The molecule has 1 aromatic rings. The molecule has 2 rings (SSSR count). The number of anilines is 1. The first-order chi connectivity index (χ1) is 5.36. The summed E-state index contributed by atoms with van der Waals surface area (Å²) in [7, 11) is 0. The lowest BCUT2D eigenvalue weighted by Crippen LogP contribution is -2.10. The molecule has 0 atom stereocenters. The number of hydrogen-bond donors (Lipinski definition) is 1. The van der Waals surface area contributed by atoms with Crippen LogP contribution in [0, 0.1) is 0 Å². The zero-order chi connectivity index (χ0) is 7.68. The Kier molecular flexibility index (Phi) is 1.43. The smallest absolute Gasteiger partial charge is 0.168 e. The van der Waals surface area contributed by atoms with Gasteiger partial charge in [-0.3, -0.25) is 0 Å². The minimum absolute atomic E-state index is 0.608. The van der Waals surface area contributed by atoms with Crippen LogP contribution >= 0.6 is 0 Å². The Bertz CT molecular complexity index is 273. The van der Waals surface area contributed by atoms with Gasteiger partial charge in [-0.05, 0) is 18.2 Å². The SMILES string of the molecule is Nc1ccc2c(c1)CCOO2. The van der Waals surface area contributed by atoms with Crippen molar-refractivity contribution in [3.05, 3.63) is 23.8 Å². The fraction of sp³-hybridized carbons (Fsp3) is 0.250. The monoisotopic (exact) mass is 151 g/mol. The van der Waals surface area contributed by atoms with Crippen LogP contribution in [0.15, 0.2) is 18.2 Å². The highest BCUT2D eigenvalue weighted by atomic mass is 17.2. The number of fused-ring (bicyclic) bond motifs is 1. The predicted molar refractivity (Wildman–Crippen MR) is 41.1 cm³/mol. The minimum atomic E-state index is 0.608. The van der Waals surface area contributed by atoms with E-state index in [1.807, 2.05) is 12.1 Å². The Balaban J connectivity index is 2.43. The van der Waals surface area contributed by atoms with Gasteiger partial charge >= 0.3 is 0 Å². The number of benzene rings is 1. The zero-order valence-electron chi connectivity index (χ0n) is 6.04. The first kappa shape index (κ1) is 6.49. The van der Waals surface area contributed by atoms with Gasteiger partial charge in [0, 0.05) is 17.7 Å². The van der Waals surface area contributed by atoms with Crippen molar-refractivity contribution in [3.8, 4) is 5.75 Å². The topological polar surface area (TPSA) is 44.5 Å². The summed E-state index contributed by atoms with van der Waals surface area (Å²) in [5, 5.41) is 0. The third kappa shape index (κ3) is 1.14. The lowest BCUT2D eigenvalue weighted by atomic mass is 10.1. The summed E-state index contributed by atoms with van der Waals surface area (Å²) in [6.45, 7) is 0.608. The van der Waals surface area contributed by atoms with E-state index in [1.165, 1.54) is 0 Å². The maximum absolute atomic E-state index is 5.59. The molecule has 0 radical (unpaired) electrons. The normalized spacial score (nSPS) is 15.3. The summed E-state index contributed by atoms with van der Waals surface area (Å²) in [4.78, 5) is 9.72. The van der Waals surface area contributed by atoms with E-state index in [0.717, 1.165) is 23.4 Å². The molecule has 0 bridgehead atoms. The molecule has 58 valence electrons. The maximum Gasteiger partial charge on any atom is 0.168 e. The van der Waals surface area contributed by atoms with E-state index in [9.17, 15) is 0 Å². The molecule has 0 amide bonds. The van der Waals surface area contributed by atoms with E-state index in [1.54, 1.807) is 6.07 Å². The van der Waals surface area contributed by atoms with Gasteiger partial charge in [-0.2, -0.15) is 4.89 Å². The highest BCUT2D eigenvalue weighted by Crippen LogP contribution is 2.24. The molecule has 0 spiro atoms. The lowest BCUT2D eigenvalue weighted by Gasteiger charge is -2.15. The maximum atomic E-state index is 5.59. The Morgan fingerprint density at radius 2 is 2.27 bits per heavy atom. The van der Waals surface area contributed by atoms with Crippen LogP contribution in [0.3, 0.4) is 0 Å². The van der Waals surface area contributed by atoms with Gasteiger partial charge in [0.2, 0.25) is 0 Å². The third-order valence-electron chi connectivity index (χ3n) is 1.69. The van der Waals surface area contributed by atoms with Gasteiger partial charge < -0.3 is 10.6 Å². The van der Waals surface area contributed by atoms with E-state index in [2.05, 4.69) is 0 Å². The number of nitrogen functional groups attached to an aromatic ring is 1. The van der Waals surface area contributed by atoms with Gasteiger partial charge in [0.1, 0.15) is 0 Å². The minimum Gasteiger partial charge on any atom is -0.399 e. The van der Waals surface area contributed by atoms with Gasteiger partial charge in [-0.1, -0.05) is 0 Å². The molecule has 1 heterocycles. The second kappa shape index (κ2) is 2.43. The average molecular weight is 151 g/mol. The Morgan fingerprint density at radius 3 is 3.18 bits per heavy atom. The van der Waals surface area contributed by atoms with E-state index in [4.69, 9.17) is 15.5 Å². The van der Waals surface area contributed by atoms with Crippen LogP contribution in [-0.4, -0.2) is 6.61 Å². The van der Waals surface area contributed by atoms with Crippen molar-refractivity contribution in [2.45, 2.75) is 6.42 Å². The molecule has 0 saturated carbocycles. The molecule has 2 N–H and O–H groups in total. The van der Waals surface area contributed by atoms with Crippen molar-refractivity contribution in [2.24, 2.45) is 0 Å². The Hall–Kier alpha value is -1.22. The van der Waals surface area contributed by atoms with Crippen molar-refractivity contribution in [3.63, 3.8) is 0 Å². The summed E-state index contributed by atoms with van der Waals surface area (Å²) in [6, 6.07) is 5.54. The molecule has 0 unspecified atom stereocenters. The van der Waals surface area contributed by atoms with E-state index in [-0.39, 0.29) is 0 Å². The third-order valence-corrected chi connectivity index (χ3v) is 1.69. The van der Waals surface area contributed by atoms with Crippen LogP contribution in [0.1, 0.15) is 5.56 Å². The van der Waals surface area contributed by atoms with Gasteiger partial charge in [0.05, 0.1) is 6.61 Å². The van der Waals surface area contributed by atoms with Gasteiger partial charge in [-0.15, -0.1) is 0 Å². The number of nitrogens with two attached hydrogens (primary N) is 1. The van der Waals surface area contributed by atoms with E-state index >= 15 is 0 Å². The molecule has 11 heavy (non-hydrogen) atoms. The van der Waals surface area contributed by atoms with E-state index in [0.29, 0.717) is 6.61 Å². The molecule has 0 aromatic heterocycles. The summed E-state index contributed by atoms with van der Waals surface area (Å²) < 4.78 is 0. The second-order valence-corrected chi connectivity index (χ2v) is 2.52. The molecule has 0 saturated heterocycles. The molecule has 0 aliphatic carbocycles. The molecule has 1 aliphatic heterocycles. The van der Waals surface area contributed by atoms with Crippen LogP contribution in [0.25, 0.3) is 0 Å². The quantitative estimate of drug-likeness (QED) is 0.446. The highest BCUT2D eigenvalue weighted by Gasteiger charge is 2.10. The van der Waals surface area contributed by atoms with Crippen molar-refractivity contribution in [1.82, 2.24) is 0 Å². The van der Waals surface area contributed by atoms with Crippen LogP contribution in [0.2, 0.25) is 0 Å². The highest BCUT2D eigenvalue weighted by molar-refractivity contribution is 5.48. The predicted octanol–water partition coefficient (Wildman–Crippen LogP) is 1.14. The molecular weight excluding hydrogens is 142 g/mol. The average Bonchev–Trinajstić information content (AvgIpc) is 2.04. The summed E-state index contributed by atoms with van der Waals surface area (Å²) >= 11 is 0. The number of hydrogen-bond acceptors (Lipinski definition) is 3. The van der Waals surface area contributed by atoms with Crippen LogP contribution in [-0.2, 0) is 11.3 Å². The molecule has 3 heteroatoms. The van der Waals surface area contributed by atoms with Crippen LogP contribution < -0.4 is 10.6 Å². The Labute approximate surface area is 64.7 Å². The molecule has 1 aliphatic rings. The molecule has 3 nitrogen and oxygen atoms in total. The summed E-state index contributed by atoms with van der Waals surface area (Å²) in [6.07, 6.45) is 0.875. The molecule has 1 aromatic carbocycles. The van der Waals surface area contributed by atoms with Crippen molar-refractivity contribution in [2.75, 3.05) is 12.3 Å². The molecular formula is C8H9NO2. The first-order valence-electron chi connectivity index (χ1n) is 3.54. The fourth-order valence-electron chi connectivity index (χ4n) is 1.13. The van der Waals surface area contributed by atoms with Gasteiger partial charge in [0.15, 0.2) is 5.75 Å². The standard InChI is InChI=1S/C8H9NO2/c9-7-1-2-8-6(5-7)3-4-10-11-8/h1-2,5H,3-4,9H2. The van der Waals surface area contributed by atoms with E-state index < -0.39 is 0 Å². The lowest BCUT2D eigenvalue weighted by molar-refractivity contribution is -0.215. The largest absolute Gasteiger partial charge is 0.399 e. The van der Waals surface area contributed by atoms with Crippen LogP contribution in [0.4, 0.5) is 5.69 Å². The first-order valence-corrected chi connectivity index (χ1v) is 3.54. The fourth-order valence-corrected chi connectivity index (χ4v) is 1.13. The summed E-state index contributed by atoms with van der Waals surface area (Å²) in [5.74, 6) is 0.783. The van der Waals surface area contributed by atoms with Crippen LogP contribution in [0.5, 0.6) is 5.75 Å². The number of rotatable bonds is 0. The Morgan fingerprint density at radius 1 is 1.36 bits per heavy atom.